The van der Waals surface area contributed by atoms with Crippen molar-refractivity contribution in [1.29, 1.82) is 0 Å². The number of nitrogens with one attached hydrogen (secondary N) is 1. The maximum atomic E-state index is 10.9. The Bertz CT molecular complexity index is 645. The molecule has 1 fully saturated rings. The van der Waals surface area contributed by atoms with Crippen LogP contribution in [0.3, 0.4) is 0 Å². The second-order valence-electron chi connectivity index (χ2n) is 10.3. The third kappa shape index (κ3) is 13.3. The fourth-order valence-corrected chi connectivity index (χ4v) is 6.92. The second kappa shape index (κ2) is 15.9. The molecule has 1 rings (SSSR count). The van der Waals surface area contributed by atoms with Crippen LogP contribution in [0.5, 0.6) is 0 Å². The number of hydrogen-bond donors (Lipinski definition) is 3. The van der Waals surface area contributed by atoms with Gasteiger partial charge in [0.1, 0.15) is 0 Å². The highest BCUT2D eigenvalue weighted by Crippen LogP contribution is 2.24. The number of nitrogens with zero attached hydrogens (tertiary/aromatic N) is 1. The summed E-state index contributed by atoms with van der Waals surface area (Å²) in [6, 6.07) is 0.486. The van der Waals surface area contributed by atoms with Crippen molar-refractivity contribution in [1.82, 2.24) is 5.32 Å². The van der Waals surface area contributed by atoms with Crippen molar-refractivity contribution in [3.05, 3.63) is 0 Å². The SMILES string of the molecule is CCCCCCC[N+](C)(CCCCC)CCC[Si]1(O)OCC(CO)(NCCCS(=O)(=O)[O-])CO1. The van der Waals surface area contributed by atoms with Gasteiger partial charge in [-0.3, -0.25) is 0 Å². The first-order chi connectivity index (χ1) is 16.0. The lowest BCUT2D eigenvalue weighted by molar-refractivity contribution is -0.910. The fourth-order valence-electron chi connectivity index (χ4n) is 4.44. The molecule has 204 valence electrons. The Morgan fingerprint density at radius 3 is 2.03 bits per heavy atom. The van der Waals surface area contributed by atoms with Gasteiger partial charge >= 0.3 is 8.80 Å². The van der Waals surface area contributed by atoms with Gasteiger partial charge in [-0.1, -0.05) is 39.5 Å². The molecule has 0 aromatic heterocycles. The molecule has 34 heavy (non-hydrogen) atoms. The van der Waals surface area contributed by atoms with Crippen LogP contribution in [0.4, 0.5) is 0 Å². The Balaban J connectivity index is 2.49. The van der Waals surface area contributed by atoms with Gasteiger partial charge in [0.15, 0.2) is 0 Å². The summed E-state index contributed by atoms with van der Waals surface area (Å²) >= 11 is 0. The Hall–Kier alpha value is -0.113. The molecule has 1 heterocycles. The lowest BCUT2D eigenvalue weighted by Crippen LogP contribution is -2.65. The van der Waals surface area contributed by atoms with Gasteiger partial charge in [0.25, 0.3) is 0 Å². The highest BCUT2D eigenvalue weighted by molar-refractivity contribution is 7.85. The number of unbranched alkanes of at least 4 members (excludes halogenated alkanes) is 6. The van der Waals surface area contributed by atoms with Crippen LogP contribution >= 0.6 is 0 Å². The number of rotatable bonds is 20. The summed E-state index contributed by atoms with van der Waals surface area (Å²) in [5.41, 5.74) is -0.894. The molecule has 0 saturated carbocycles. The van der Waals surface area contributed by atoms with E-state index in [0.29, 0.717) is 6.04 Å². The number of aliphatic hydroxyl groups excluding tert-OH is 1. The van der Waals surface area contributed by atoms with E-state index < -0.39 is 30.2 Å². The topological polar surface area (TPSA) is 128 Å². The highest BCUT2D eigenvalue weighted by Gasteiger charge is 2.47. The van der Waals surface area contributed by atoms with Crippen molar-refractivity contribution < 1.29 is 36.2 Å². The second-order valence-corrected chi connectivity index (χ2v) is 14.3. The first-order valence-electron chi connectivity index (χ1n) is 13.1. The Morgan fingerprint density at radius 1 is 0.941 bits per heavy atom. The van der Waals surface area contributed by atoms with E-state index in [0.717, 1.165) is 30.5 Å². The minimum atomic E-state index is -4.26. The van der Waals surface area contributed by atoms with Gasteiger partial charge in [-0.15, -0.1) is 0 Å². The average Bonchev–Trinajstić information content (AvgIpc) is 2.78. The van der Waals surface area contributed by atoms with Gasteiger partial charge in [0, 0.05) is 18.2 Å². The lowest BCUT2D eigenvalue weighted by atomic mass is 10.0. The predicted octanol–water partition coefficient (Wildman–Crippen LogP) is 2.22. The van der Waals surface area contributed by atoms with E-state index >= 15 is 0 Å². The summed E-state index contributed by atoms with van der Waals surface area (Å²) in [6.07, 6.45) is 11.0. The molecule has 1 unspecified atom stereocenters. The largest absolute Gasteiger partial charge is 0.748 e. The van der Waals surface area contributed by atoms with Crippen LogP contribution in [0, 0.1) is 0 Å². The van der Waals surface area contributed by atoms with Crippen LogP contribution in [0.15, 0.2) is 0 Å². The minimum absolute atomic E-state index is 0.0937. The molecule has 3 N–H and O–H groups in total. The van der Waals surface area contributed by atoms with Crippen molar-refractivity contribution >= 4 is 18.9 Å². The van der Waals surface area contributed by atoms with Gasteiger partial charge in [0.05, 0.1) is 62.2 Å². The zero-order valence-corrected chi connectivity index (χ0v) is 23.5. The molecule has 9 nitrogen and oxygen atoms in total. The van der Waals surface area contributed by atoms with E-state index in [1.165, 1.54) is 51.4 Å². The zero-order chi connectivity index (χ0) is 25.6. The van der Waals surface area contributed by atoms with Crippen molar-refractivity contribution in [3.63, 3.8) is 0 Å². The molecule has 0 radical (unpaired) electrons. The zero-order valence-electron chi connectivity index (χ0n) is 21.7. The molecule has 1 aliphatic rings. The smallest absolute Gasteiger partial charge is 0.498 e. The normalized spacial score (nSPS) is 25.4. The molecule has 11 heteroatoms. The molecular weight excluding hydrogens is 476 g/mol. The van der Waals surface area contributed by atoms with Crippen LogP contribution in [0.25, 0.3) is 0 Å². The molecule has 0 aromatic carbocycles. The van der Waals surface area contributed by atoms with E-state index in [1.807, 2.05) is 0 Å². The monoisotopic (exact) mass is 526 g/mol. The van der Waals surface area contributed by atoms with E-state index in [4.69, 9.17) is 8.85 Å². The van der Waals surface area contributed by atoms with Crippen LogP contribution in [-0.2, 0) is 19.0 Å². The van der Waals surface area contributed by atoms with Gasteiger partial charge in [-0.25, -0.2) is 8.42 Å². The molecule has 0 amide bonds. The van der Waals surface area contributed by atoms with Gasteiger partial charge in [-0.05, 0) is 38.6 Å². The molecule has 0 aliphatic carbocycles. The number of aliphatic hydroxyl groups is 1. The third-order valence-electron chi connectivity index (χ3n) is 6.82. The number of quaternary nitrogens is 1. The van der Waals surface area contributed by atoms with Crippen molar-refractivity contribution in [2.45, 2.75) is 89.6 Å². The van der Waals surface area contributed by atoms with Crippen LogP contribution in [0.2, 0.25) is 6.04 Å². The summed E-state index contributed by atoms with van der Waals surface area (Å²) in [4.78, 5) is 10.9. The average molecular weight is 527 g/mol. The van der Waals surface area contributed by atoms with Crippen molar-refractivity contribution in [2.75, 3.05) is 58.8 Å². The first-order valence-corrected chi connectivity index (χ1v) is 16.7. The first kappa shape index (κ1) is 31.9. The summed E-state index contributed by atoms with van der Waals surface area (Å²) in [5, 5.41) is 12.9. The Labute approximate surface area is 208 Å². The van der Waals surface area contributed by atoms with Gasteiger partial charge < -0.3 is 33.1 Å². The number of hydrogen-bond acceptors (Lipinski definition) is 8. The maximum absolute atomic E-state index is 10.9. The van der Waals surface area contributed by atoms with Gasteiger partial charge in [-0.2, -0.15) is 0 Å². The van der Waals surface area contributed by atoms with E-state index in [9.17, 15) is 22.9 Å². The fraction of sp³-hybridized carbons (Fsp3) is 1.00. The molecule has 0 aromatic rings. The molecule has 0 spiro atoms. The quantitative estimate of drug-likeness (QED) is 0.0953. The Morgan fingerprint density at radius 2 is 1.47 bits per heavy atom. The summed E-state index contributed by atoms with van der Waals surface area (Å²) in [6.45, 7) is 7.90. The minimum Gasteiger partial charge on any atom is -0.748 e. The van der Waals surface area contributed by atoms with E-state index in [1.54, 1.807) is 0 Å². The summed E-state index contributed by atoms with van der Waals surface area (Å²) < 4.78 is 44.8. The highest BCUT2D eigenvalue weighted by atomic mass is 32.2. The van der Waals surface area contributed by atoms with Gasteiger partial charge in [0.2, 0.25) is 0 Å². The predicted molar refractivity (Wildman–Crippen MR) is 135 cm³/mol. The Kier molecular flexibility index (Phi) is 14.9. The van der Waals surface area contributed by atoms with Crippen LogP contribution in [0.1, 0.15) is 78.1 Å². The molecule has 0 bridgehead atoms. The summed E-state index contributed by atoms with van der Waals surface area (Å²) in [5.74, 6) is -0.463. The van der Waals surface area contributed by atoms with Crippen LogP contribution in [-0.4, -0.2) is 100 Å². The molecule has 1 atom stereocenters. The van der Waals surface area contributed by atoms with Crippen LogP contribution < -0.4 is 5.32 Å². The molecule has 1 aliphatic heterocycles. The summed E-state index contributed by atoms with van der Waals surface area (Å²) in [7, 11) is -5.25. The lowest BCUT2D eigenvalue weighted by Gasteiger charge is -2.42. The maximum Gasteiger partial charge on any atom is 0.498 e. The molecular formula is C23H50N2O7SSi. The van der Waals surface area contributed by atoms with Crippen molar-refractivity contribution in [3.8, 4) is 0 Å². The van der Waals surface area contributed by atoms with E-state index in [2.05, 4.69) is 26.2 Å². The molecule has 1 saturated heterocycles. The third-order valence-corrected chi connectivity index (χ3v) is 9.78. The van der Waals surface area contributed by atoms with E-state index in [-0.39, 0.29) is 32.8 Å². The standard InChI is InChI=1S/C23H50N2O7SSi/c1-4-6-8-9-11-16-25(3,15-10-7-5-2)17-13-19-34(30)31-21-23(20-26,22-32-34)24-14-12-18-33(27,28)29/h24,26,30H,4-22H2,1-3H3. The van der Waals surface area contributed by atoms with Crippen molar-refractivity contribution in [2.24, 2.45) is 0 Å².